The molecule has 0 saturated heterocycles. The number of ether oxygens (including phenoxy) is 1. The lowest BCUT2D eigenvalue weighted by atomic mass is 9.95. The summed E-state index contributed by atoms with van der Waals surface area (Å²) in [7, 11) is 0. The molecular formula is C12H17NO4. The summed E-state index contributed by atoms with van der Waals surface area (Å²) in [6.45, 7) is 4.90. The fraction of sp³-hybridized carbons (Fsp3) is 0.500. The van der Waals surface area contributed by atoms with Crippen molar-refractivity contribution in [3.05, 3.63) is 33.9 Å². The Kier molecular flexibility index (Phi) is 4.90. The van der Waals surface area contributed by atoms with Gasteiger partial charge in [0.05, 0.1) is 10.5 Å². The van der Waals surface area contributed by atoms with Crippen LogP contribution in [0.4, 0.5) is 5.69 Å². The molecule has 1 rings (SSSR count). The number of benzene rings is 1. The number of rotatable bonds is 6. The number of nitrogens with zero attached hydrogens (tertiary/aromatic N) is 1. The van der Waals surface area contributed by atoms with Crippen molar-refractivity contribution in [3.8, 4) is 5.75 Å². The molecule has 1 N–H and O–H groups in total. The zero-order valence-electron chi connectivity index (χ0n) is 10.0. The quantitative estimate of drug-likeness (QED) is 0.470. The Morgan fingerprint density at radius 2 is 2.24 bits per heavy atom. The van der Waals surface area contributed by atoms with Crippen LogP contribution in [0.5, 0.6) is 5.75 Å². The highest BCUT2D eigenvalue weighted by atomic mass is 16.6. The average molecular weight is 239 g/mol. The van der Waals surface area contributed by atoms with Gasteiger partial charge in [0.15, 0.2) is 0 Å². The first-order valence-corrected chi connectivity index (χ1v) is 5.62. The van der Waals surface area contributed by atoms with Gasteiger partial charge in [-0.05, 0) is 25.3 Å². The number of aromatic hydroxyl groups is 1. The van der Waals surface area contributed by atoms with Crippen molar-refractivity contribution in [1.82, 2.24) is 0 Å². The number of phenols is 1. The number of nitro benzene ring substituents is 1. The molecule has 1 atom stereocenters. The van der Waals surface area contributed by atoms with E-state index in [2.05, 4.69) is 0 Å². The predicted molar refractivity (Wildman–Crippen MR) is 64.3 cm³/mol. The molecule has 1 unspecified atom stereocenters. The van der Waals surface area contributed by atoms with Crippen molar-refractivity contribution in [2.24, 2.45) is 0 Å². The summed E-state index contributed by atoms with van der Waals surface area (Å²) in [5.41, 5.74) is 0.353. The van der Waals surface area contributed by atoms with Crippen LogP contribution in [-0.2, 0) is 4.74 Å². The van der Waals surface area contributed by atoms with Crippen LogP contribution in [0.3, 0.4) is 0 Å². The largest absolute Gasteiger partial charge is 0.507 e. The molecule has 0 aliphatic rings. The summed E-state index contributed by atoms with van der Waals surface area (Å²) < 4.78 is 5.21. The summed E-state index contributed by atoms with van der Waals surface area (Å²) in [5.74, 6) is -0.133. The molecule has 5 nitrogen and oxygen atoms in total. The topological polar surface area (TPSA) is 72.6 Å². The Morgan fingerprint density at radius 1 is 1.53 bits per heavy atom. The van der Waals surface area contributed by atoms with Crippen LogP contribution in [-0.4, -0.2) is 23.2 Å². The molecule has 1 aromatic rings. The lowest BCUT2D eigenvalue weighted by molar-refractivity contribution is -0.385. The fourth-order valence-corrected chi connectivity index (χ4v) is 1.75. The average Bonchev–Trinajstić information content (AvgIpc) is 2.28. The molecule has 0 saturated carbocycles. The van der Waals surface area contributed by atoms with Gasteiger partial charge in [-0.1, -0.05) is 13.0 Å². The maximum Gasteiger partial charge on any atom is 0.276 e. The molecule has 0 aliphatic carbocycles. The summed E-state index contributed by atoms with van der Waals surface area (Å²) in [5, 5.41) is 20.6. The minimum Gasteiger partial charge on any atom is -0.507 e. The van der Waals surface area contributed by atoms with Crippen LogP contribution >= 0.6 is 0 Å². The Hall–Kier alpha value is -1.62. The summed E-state index contributed by atoms with van der Waals surface area (Å²) in [6, 6.07) is 4.36. The molecule has 0 radical (unpaired) electrons. The van der Waals surface area contributed by atoms with E-state index in [4.69, 9.17) is 4.74 Å². The van der Waals surface area contributed by atoms with Gasteiger partial charge in [-0.15, -0.1) is 0 Å². The van der Waals surface area contributed by atoms with E-state index >= 15 is 0 Å². The van der Waals surface area contributed by atoms with Gasteiger partial charge >= 0.3 is 0 Å². The van der Waals surface area contributed by atoms with Crippen LogP contribution < -0.4 is 0 Å². The van der Waals surface area contributed by atoms with E-state index in [1.807, 2.05) is 13.8 Å². The third-order valence-electron chi connectivity index (χ3n) is 2.65. The van der Waals surface area contributed by atoms with Crippen molar-refractivity contribution in [2.45, 2.75) is 26.2 Å². The minimum absolute atomic E-state index is 0.0248. The normalized spacial score (nSPS) is 12.4. The highest BCUT2D eigenvalue weighted by molar-refractivity contribution is 5.50. The van der Waals surface area contributed by atoms with E-state index in [1.165, 1.54) is 18.2 Å². The highest BCUT2D eigenvalue weighted by Crippen LogP contribution is 2.35. The zero-order chi connectivity index (χ0) is 12.8. The van der Waals surface area contributed by atoms with E-state index < -0.39 is 4.92 Å². The van der Waals surface area contributed by atoms with Crippen molar-refractivity contribution in [3.63, 3.8) is 0 Å². The Balaban J connectivity index is 2.90. The number of phenolic OH excluding ortho intramolecular Hbond substituents is 1. The lowest BCUT2D eigenvalue weighted by Gasteiger charge is -2.13. The Labute approximate surface area is 100 Å². The Morgan fingerprint density at radius 3 is 2.82 bits per heavy atom. The first-order chi connectivity index (χ1) is 8.07. The molecule has 0 amide bonds. The second-order valence-corrected chi connectivity index (χ2v) is 3.85. The monoisotopic (exact) mass is 239 g/mol. The highest BCUT2D eigenvalue weighted by Gasteiger charge is 2.22. The molecule has 0 spiro atoms. The van der Waals surface area contributed by atoms with Crippen molar-refractivity contribution in [2.75, 3.05) is 13.2 Å². The minimum atomic E-state index is -0.466. The van der Waals surface area contributed by atoms with Gasteiger partial charge < -0.3 is 9.84 Å². The molecule has 1 aromatic carbocycles. The molecule has 0 fully saturated rings. The molecular weight excluding hydrogens is 222 g/mol. The van der Waals surface area contributed by atoms with Crippen LogP contribution in [0.15, 0.2) is 18.2 Å². The van der Waals surface area contributed by atoms with Crippen LogP contribution in [0.2, 0.25) is 0 Å². The van der Waals surface area contributed by atoms with E-state index in [0.717, 1.165) is 0 Å². The second kappa shape index (κ2) is 6.20. The first kappa shape index (κ1) is 13.4. The maximum atomic E-state index is 10.9. The summed E-state index contributed by atoms with van der Waals surface area (Å²) >= 11 is 0. The van der Waals surface area contributed by atoms with E-state index in [-0.39, 0.29) is 17.4 Å². The van der Waals surface area contributed by atoms with Gasteiger partial charge in [0.1, 0.15) is 5.75 Å². The molecule has 0 heterocycles. The van der Waals surface area contributed by atoms with Crippen LogP contribution in [0.25, 0.3) is 0 Å². The molecule has 0 aliphatic heterocycles. The van der Waals surface area contributed by atoms with Gasteiger partial charge in [-0.25, -0.2) is 0 Å². The fourth-order valence-electron chi connectivity index (χ4n) is 1.75. The van der Waals surface area contributed by atoms with Gasteiger partial charge in [0.25, 0.3) is 5.69 Å². The summed E-state index contributed by atoms with van der Waals surface area (Å²) in [6.07, 6.45) is 0.645. The third kappa shape index (κ3) is 3.42. The molecule has 17 heavy (non-hydrogen) atoms. The van der Waals surface area contributed by atoms with Gasteiger partial charge in [-0.3, -0.25) is 10.1 Å². The van der Waals surface area contributed by atoms with Gasteiger partial charge in [-0.2, -0.15) is 0 Å². The van der Waals surface area contributed by atoms with Crippen molar-refractivity contribution in [1.29, 1.82) is 0 Å². The summed E-state index contributed by atoms with van der Waals surface area (Å²) in [4.78, 5) is 10.4. The van der Waals surface area contributed by atoms with E-state index in [0.29, 0.717) is 25.2 Å². The van der Waals surface area contributed by atoms with Crippen LogP contribution in [0, 0.1) is 10.1 Å². The van der Waals surface area contributed by atoms with E-state index in [1.54, 1.807) is 0 Å². The lowest BCUT2D eigenvalue weighted by Crippen LogP contribution is -2.04. The Bertz CT molecular complexity index is 392. The maximum absolute atomic E-state index is 10.9. The van der Waals surface area contributed by atoms with Crippen LogP contribution in [0.1, 0.15) is 31.7 Å². The molecule has 0 aromatic heterocycles. The molecule has 0 bridgehead atoms. The number of hydrogen-bond acceptors (Lipinski definition) is 4. The smallest absolute Gasteiger partial charge is 0.276 e. The standard InChI is InChI=1S/C12H17NO4/c1-3-17-8-7-9(2)12-10(13(15)16)5-4-6-11(12)14/h4-6,9,14H,3,7-8H2,1-2H3. The van der Waals surface area contributed by atoms with Gasteiger partial charge in [0, 0.05) is 19.3 Å². The number of nitro groups is 1. The zero-order valence-corrected chi connectivity index (χ0v) is 10.0. The SMILES string of the molecule is CCOCCC(C)c1c(O)cccc1[N+](=O)[O-]. The van der Waals surface area contributed by atoms with Crippen molar-refractivity contribution >= 4 is 5.69 Å². The third-order valence-corrected chi connectivity index (χ3v) is 2.65. The predicted octanol–water partition coefficient (Wildman–Crippen LogP) is 2.83. The first-order valence-electron chi connectivity index (χ1n) is 5.62. The van der Waals surface area contributed by atoms with E-state index in [9.17, 15) is 15.2 Å². The van der Waals surface area contributed by atoms with Gasteiger partial charge in [0.2, 0.25) is 0 Å². The molecule has 94 valence electrons. The number of hydrogen-bond donors (Lipinski definition) is 1. The second-order valence-electron chi connectivity index (χ2n) is 3.85. The molecule has 5 heteroatoms. The van der Waals surface area contributed by atoms with Crippen molar-refractivity contribution < 1.29 is 14.8 Å².